The molecule has 1 aliphatic carbocycles. The lowest BCUT2D eigenvalue weighted by Gasteiger charge is -2.47. The van der Waals surface area contributed by atoms with Crippen molar-refractivity contribution in [3.63, 3.8) is 0 Å². The van der Waals surface area contributed by atoms with Gasteiger partial charge in [-0.25, -0.2) is 4.31 Å². The third-order valence-corrected chi connectivity index (χ3v) is 7.28. The Kier molecular flexibility index (Phi) is 11.9. The SMILES string of the molecule is CC(C)(C)C1=C(C(O)C(CO)(CO)CO)C=CC(C)(C(C)(C)C)C1.OP(O)OP(O)O. The topological polar surface area (TPSA) is 171 Å². The van der Waals surface area contributed by atoms with Gasteiger partial charge < -0.3 is 40.0 Å². The molecule has 1 aliphatic rings. The van der Waals surface area contributed by atoms with Gasteiger partial charge in [0, 0.05) is 0 Å². The summed E-state index contributed by atoms with van der Waals surface area (Å²) in [6.07, 6.45) is 3.72. The van der Waals surface area contributed by atoms with Crippen molar-refractivity contribution in [1.82, 2.24) is 0 Å². The maximum atomic E-state index is 10.9. The summed E-state index contributed by atoms with van der Waals surface area (Å²) in [4.78, 5) is 31.3. The summed E-state index contributed by atoms with van der Waals surface area (Å²) in [6.45, 7) is 13.7. The van der Waals surface area contributed by atoms with Crippen molar-refractivity contribution in [2.45, 2.75) is 61.0 Å². The Balaban J connectivity index is 0.00000110. The Morgan fingerprint density at radius 3 is 1.61 bits per heavy atom. The van der Waals surface area contributed by atoms with Crippen LogP contribution in [0.1, 0.15) is 54.9 Å². The Morgan fingerprint density at radius 1 is 0.935 bits per heavy atom. The second-order valence-corrected chi connectivity index (χ2v) is 11.9. The zero-order chi connectivity index (χ0) is 24.8. The Bertz CT molecular complexity index is 603. The molecular formula is C20H40O9P2. The standard InChI is InChI=1S/C20H36O4.H4O5P2/c1-17(2,3)15-10-19(7,18(4,5)6)9-8-14(15)16(24)20(11-21,12-22)13-23;1-6(2)5-7(3)4/h8-9,16,21-24H,10-13H2,1-7H3;1-4H. The fourth-order valence-corrected chi connectivity index (χ4v) is 3.70. The first-order valence-corrected chi connectivity index (χ1v) is 12.2. The van der Waals surface area contributed by atoms with E-state index in [9.17, 15) is 20.4 Å². The Hall–Kier alpha value is -0.0200. The number of hydrogen-bond acceptors (Lipinski definition) is 9. The van der Waals surface area contributed by atoms with Gasteiger partial charge in [0.15, 0.2) is 0 Å². The van der Waals surface area contributed by atoms with E-state index in [2.05, 4.69) is 58.9 Å². The van der Waals surface area contributed by atoms with Crippen LogP contribution in [0.25, 0.3) is 0 Å². The van der Waals surface area contributed by atoms with Crippen molar-refractivity contribution in [3.8, 4) is 0 Å². The maximum Gasteiger partial charge on any atom is 0.334 e. The third-order valence-electron chi connectivity index (χ3n) is 6.11. The first-order chi connectivity index (χ1) is 13.9. The van der Waals surface area contributed by atoms with Crippen LogP contribution in [0.3, 0.4) is 0 Å². The molecule has 8 N–H and O–H groups in total. The summed E-state index contributed by atoms with van der Waals surface area (Å²) in [5.74, 6) is 0. The molecule has 0 bridgehead atoms. The van der Waals surface area contributed by atoms with Gasteiger partial charge in [-0.3, -0.25) is 0 Å². The maximum absolute atomic E-state index is 10.9. The van der Waals surface area contributed by atoms with Crippen LogP contribution in [0.5, 0.6) is 0 Å². The van der Waals surface area contributed by atoms with Gasteiger partial charge in [-0.05, 0) is 28.2 Å². The Labute approximate surface area is 187 Å². The van der Waals surface area contributed by atoms with Gasteiger partial charge in [0.2, 0.25) is 0 Å². The van der Waals surface area contributed by atoms with Crippen LogP contribution in [0.4, 0.5) is 0 Å². The zero-order valence-electron chi connectivity index (χ0n) is 19.4. The van der Waals surface area contributed by atoms with E-state index in [1.807, 2.05) is 6.08 Å². The highest BCUT2D eigenvalue weighted by Crippen LogP contribution is 2.52. The summed E-state index contributed by atoms with van der Waals surface area (Å²) in [6, 6.07) is 0. The molecule has 0 spiro atoms. The van der Waals surface area contributed by atoms with E-state index in [-0.39, 0.29) is 16.2 Å². The van der Waals surface area contributed by atoms with Crippen molar-refractivity contribution in [2.24, 2.45) is 21.7 Å². The van der Waals surface area contributed by atoms with Crippen LogP contribution in [0.15, 0.2) is 23.3 Å². The lowest BCUT2D eigenvalue weighted by molar-refractivity contribution is -0.0678. The van der Waals surface area contributed by atoms with E-state index in [4.69, 9.17) is 19.6 Å². The molecule has 0 aliphatic heterocycles. The van der Waals surface area contributed by atoms with Crippen LogP contribution in [0, 0.1) is 21.7 Å². The van der Waals surface area contributed by atoms with Crippen LogP contribution in [-0.4, -0.2) is 65.9 Å². The molecule has 1 rings (SSSR count). The third kappa shape index (κ3) is 8.36. The van der Waals surface area contributed by atoms with Crippen LogP contribution in [-0.2, 0) is 4.31 Å². The van der Waals surface area contributed by atoms with Crippen LogP contribution < -0.4 is 0 Å². The highest BCUT2D eigenvalue weighted by Gasteiger charge is 2.45. The molecule has 0 radical (unpaired) electrons. The molecule has 0 fully saturated rings. The largest absolute Gasteiger partial charge is 0.395 e. The van der Waals surface area contributed by atoms with Gasteiger partial charge in [-0.15, -0.1) is 0 Å². The van der Waals surface area contributed by atoms with E-state index in [0.717, 1.165) is 12.0 Å². The van der Waals surface area contributed by atoms with E-state index in [1.54, 1.807) is 0 Å². The predicted molar refractivity (Wildman–Crippen MR) is 121 cm³/mol. The first-order valence-electron chi connectivity index (χ1n) is 9.88. The summed E-state index contributed by atoms with van der Waals surface area (Å²) >= 11 is 0. The minimum atomic E-state index is -2.61. The average molecular weight is 486 g/mol. The summed E-state index contributed by atoms with van der Waals surface area (Å²) in [5.41, 5.74) is 0.305. The number of rotatable bonds is 7. The molecule has 0 aromatic carbocycles. The molecular weight excluding hydrogens is 446 g/mol. The van der Waals surface area contributed by atoms with Crippen molar-refractivity contribution in [1.29, 1.82) is 0 Å². The van der Waals surface area contributed by atoms with Crippen molar-refractivity contribution in [3.05, 3.63) is 23.3 Å². The summed E-state index contributed by atoms with van der Waals surface area (Å²) < 4.78 is 3.60. The fraction of sp³-hybridized carbons (Fsp3) is 0.800. The fourth-order valence-electron chi connectivity index (χ4n) is 3.18. The van der Waals surface area contributed by atoms with Crippen LogP contribution in [0.2, 0.25) is 0 Å². The molecule has 0 amide bonds. The normalized spacial score (nSPS) is 21.5. The number of hydrogen-bond donors (Lipinski definition) is 8. The molecule has 184 valence electrons. The number of aliphatic hydroxyl groups is 4. The smallest absolute Gasteiger partial charge is 0.334 e. The molecule has 0 aromatic heterocycles. The molecule has 2 atom stereocenters. The monoisotopic (exact) mass is 486 g/mol. The first kappa shape index (κ1) is 31.0. The van der Waals surface area contributed by atoms with Crippen molar-refractivity contribution >= 4 is 17.2 Å². The molecule has 9 nitrogen and oxygen atoms in total. The molecule has 0 heterocycles. The van der Waals surface area contributed by atoms with Crippen molar-refractivity contribution < 1.29 is 44.3 Å². The van der Waals surface area contributed by atoms with Crippen molar-refractivity contribution in [2.75, 3.05) is 19.8 Å². The van der Waals surface area contributed by atoms with Gasteiger partial charge in [-0.2, -0.15) is 0 Å². The molecule has 31 heavy (non-hydrogen) atoms. The minimum absolute atomic E-state index is 0.0541. The van der Waals surface area contributed by atoms with Gasteiger partial charge in [0.1, 0.15) is 0 Å². The summed E-state index contributed by atoms with van der Waals surface area (Å²) in [5, 5.41) is 39.9. The second-order valence-electron chi connectivity index (χ2n) is 10.2. The minimum Gasteiger partial charge on any atom is -0.395 e. The highest BCUT2D eigenvalue weighted by molar-refractivity contribution is 7.53. The molecule has 0 saturated heterocycles. The predicted octanol–water partition coefficient (Wildman–Crippen LogP) is 2.09. The summed E-state index contributed by atoms with van der Waals surface area (Å²) in [7, 11) is -5.22. The van der Waals surface area contributed by atoms with E-state index in [1.165, 1.54) is 0 Å². The van der Waals surface area contributed by atoms with Gasteiger partial charge >= 0.3 is 17.2 Å². The van der Waals surface area contributed by atoms with Gasteiger partial charge in [0.25, 0.3) is 0 Å². The molecule has 2 unspecified atom stereocenters. The van der Waals surface area contributed by atoms with Gasteiger partial charge in [0.05, 0.1) is 31.3 Å². The molecule has 0 saturated carbocycles. The second kappa shape index (κ2) is 11.9. The highest BCUT2D eigenvalue weighted by atomic mass is 31.2. The molecule has 11 heteroatoms. The average Bonchev–Trinajstić information content (AvgIpc) is 2.61. The van der Waals surface area contributed by atoms with E-state index in [0.29, 0.717) is 5.57 Å². The molecule has 0 aromatic rings. The Morgan fingerprint density at radius 2 is 1.35 bits per heavy atom. The zero-order valence-corrected chi connectivity index (χ0v) is 21.2. The van der Waals surface area contributed by atoms with Crippen LogP contribution >= 0.6 is 17.2 Å². The van der Waals surface area contributed by atoms with E-state index >= 15 is 0 Å². The quantitative estimate of drug-likeness (QED) is 0.251. The lowest BCUT2D eigenvalue weighted by Crippen LogP contribution is -2.47. The number of aliphatic hydroxyl groups excluding tert-OH is 4. The van der Waals surface area contributed by atoms with E-state index < -0.39 is 48.5 Å². The number of allylic oxidation sites excluding steroid dienone is 2. The lowest BCUT2D eigenvalue weighted by atomic mass is 9.58. The van der Waals surface area contributed by atoms with Gasteiger partial charge in [-0.1, -0.05) is 66.2 Å².